The van der Waals surface area contributed by atoms with Gasteiger partial charge in [-0.15, -0.1) is 0 Å². The number of aliphatic imine (C=N–C) groups is 1. The molecular formula is C25H24N4O3. The lowest BCUT2D eigenvalue weighted by Gasteiger charge is -2.19. The van der Waals surface area contributed by atoms with Gasteiger partial charge in [0.15, 0.2) is 17.3 Å². The number of nitrogens with zero attached hydrogens (tertiary/aromatic N) is 3. The molecule has 4 rings (SSSR count). The molecule has 0 aliphatic carbocycles. The van der Waals surface area contributed by atoms with Crippen LogP contribution < -0.4 is 15.2 Å². The number of carbonyl (C=O) groups excluding carboxylic acids is 1. The van der Waals surface area contributed by atoms with Crippen LogP contribution in [0.3, 0.4) is 0 Å². The van der Waals surface area contributed by atoms with Crippen LogP contribution in [0.4, 0.5) is 0 Å². The van der Waals surface area contributed by atoms with E-state index in [4.69, 9.17) is 20.2 Å². The number of hydrogen-bond donors (Lipinski definition) is 1. The number of aromatic nitrogens is 2. The fourth-order valence-corrected chi connectivity index (χ4v) is 3.29. The van der Waals surface area contributed by atoms with Gasteiger partial charge in [0, 0.05) is 29.6 Å². The molecule has 32 heavy (non-hydrogen) atoms. The largest absolute Gasteiger partial charge is 0.486 e. The van der Waals surface area contributed by atoms with E-state index in [1.807, 2.05) is 53.2 Å². The predicted molar refractivity (Wildman–Crippen MR) is 125 cm³/mol. The summed E-state index contributed by atoms with van der Waals surface area (Å²) >= 11 is 0. The van der Waals surface area contributed by atoms with Gasteiger partial charge in [0.2, 0.25) is 5.91 Å². The highest BCUT2D eigenvalue weighted by molar-refractivity contribution is 5.93. The number of rotatable bonds is 7. The number of amides is 1. The number of nitrogens with two attached hydrogens (primary N) is 1. The van der Waals surface area contributed by atoms with Gasteiger partial charge >= 0.3 is 0 Å². The second-order valence-electron chi connectivity index (χ2n) is 7.15. The number of ether oxygens (including phenoxy) is 2. The van der Waals surface area contributed by atoms with Crippen LogP contribution in [0, 0.1) is 0 Å². The summed E-state index contributed by atoms with van der Waals surface area (Å²) in [5, 5.41) is 0. The van der Waals surface area contributed by atoms with Crippen molar-refractivity contribution in [1.82, 2.24) is 9.55 Å². The van der Waals surface area contributed by atoms with Crippen molar-refractivity contribution < 1.29 is 14.3 Å². The van der Waals surface area contributed by atoms with Crippen LogP contribution in [0.15, 0.2) is 72.4 Å². The van der Waals surface area contributed by atoms with Gasteiger partial charge in [0.1, 0.15) is 13.2 Å². The van der Waals surface area contributed by atoms with E-state index in [-0.39, 0.29) is 0 Å². The Hall–Kier alpha value is -4.13. The molecule has 2 N–H and O–H groups in total. The zero-order valence-electron chi connectivity index (χ0n) is 17.8. The van der Waals surface area contributed by atoms with E-state index >= 15 is 0 Å². The Bertz CT molecular complexity index is 1210. The smallest absolute Gasteiger partial charge is 0.248 e. The summed E-state index contributed by atoms with van der Waals surface area (Å²) < 4.78 is 13.3. The van der Waals surface area contributed by atoms with Gasteiger partial charge in [0.05, 0.1) is 17.1 Å². The van der Waals surface area contributed by atoms with Crippen molar-refractivity contribution in [2.75, 3.05) is 13.2 Å². The molecule has 2 aromatic carbocycles. The molecule has 0 saturated heterocycles. The number of benzene rings is 2. The summed E-state index contributed by atoms with van der Waals surface area (Å²) in [7, 11) is 0. The molecule has 3 aromatic rings. The molecular weight excluding hydrogens is 404 g/mol. The Labute approximate surface area is 186 Å². The standard InChI is InChI=1S/C25H24N4O3/c1-3-4-5-12-27-17(2)25-28-21(18-6-8-19(9-7-18)24(26)30)16-29(25)20-10-11-22-23(15-20)32-14-13-31-22/h4-12,15-16H,2-3,13-14H2,1H3,(H2,26,30)/b5-4-,27-12?. The van der Waals surface area contributed by atoms with Gasteiger partial charge in [-0.3, -0.25) is 14.4 Å². The van der Waals surface area contributed by atoms with E-state index in [1.165, 1.54) is 0 Å². The van der Waals surface area contributed by atoms with Crippen LogP contribution in [0.2, 0.25) is 0 Å². The van der Waals surface area contributed by atoms with Gasteiger partial charge in [-0.25, -0.2) is 4.98 Å². The predicted octanol–water partition coefficient (Wildman–Crippen LogP) is 4.42. The van der Waals surface area contributed by atoms with E-state index in [0.717, 1.165) is 17.7 Å². The van der Waals surface area contributed by atoms with Crippen molar-refractivity contribution in [1.29, 1.82) is 0 Å². The maximum absolute atomic E-state index is 11.4. The second kappa shape index (κ2) is 9.34. The first-order chi connectivity index (χ1) is 15.6. The summed E-state index contributed by atoms with van der Waals surface area (Å²) in [5.41, 5.74) is 8.71. The molecule has 0 saturated carbocycles. The number of allylic oxidation sites excluding steroid dienone is 2. The summed E-state index contributed by atoms with van der Waals surface area (Å²) in [6.07, 6.45) is 8.43. The zero-order chi connectivity index (χ0) is 22.5. The first-order valence-corrected chi connectivity index (χ1v) is 10.3. The molecule has 162 valence electrons. The zero-order valence-corrected chi connectivity index (χ0v) is 17.8. The Morgan fingerprint density at radius 3 is 2.66 bits per heavy atom. The molecule has 1 amide bonds. The minimum Gasteiger partial charge on any atom is -0.486 e. The third-order valence-electron chi connectivity index (χ3n) is 4.92. The molecule has 1 aromatic heterocycles. The third-order valence-corrected chi connectivity index (χ3v) is 4.92. The third kappa shape index (κ3) is 4.46. The first-order valence-electron chi connectivity index (χ1n) is 10.3. The van der Waals surface area contributed by atoms with Crippen molar-refractivity contribution in [3.63, 3.8) is 0 Å². The molecule has 1 aliphatic heterocycles. The first kappa shape index (κ1) is 21.1. The van der Waals surface area contributed by atoms with Crippen LogP contribution >= 0.6 is 0 Å². The van der Waals surface area contributed by atoms with Crippen molar-refractivity contribution in [2.45, 2.75) is 13.3 Å². The highest BCUT2D eigenvalue weighted by Gasteiger charge is 2.17. The van der Waals surface area contributed by atoms with Crippen LogP contribution in [0.25, 0.3) is 22.6 Å². The second-order valence-corrected chi connectivity index (χ2v) is 7.15. The van der Waals surface area contributed by atoms with E-state index in [2.05, 4.69) is 18.5 Å². The highest BCUT2D eigenvalue weighted by atomic mass is 16.6. The van der Waals surface area contributed by atoms with Crippen LogP contribution in [-0.2, 0) is 0 Å². The molecule has 1 aliphatic rings. The monoisotopic (exact) mass is 428 g/mol. The number of fused-ring (bicyclic) bond motifs is 1. The lowest BCUT2D eigenvalue weighted by molar-refractivity contribution is 0.100. The molecule has 0 fully saturated rings. The van der Waals surface area contributed by atoms with Crippen molar-refractivity contribution in [2.24, 2.45) is 10.7 Å². The van der Waals surface area contributed by atoms with Gasteiger partial charge in [-0.1, -0.05) is 31.7 Å². The summed E-state index contributed by atoms with van der Waals surface area (Å²) in [5.74, 6) is 1.52. The minimum atomic E-state index is -0.470. The Morgan fingerprint density at radius 2 is 1.94 bits per heavy atom. The summed E-state index contributed by atoms with van der Waals surface area (Å²) in [6, 6.07) is 12.7. The maximum Gasteiger partial charge on any atom is 0.248 e. The van der Waals surface area contributed by atoms with Crippen LogP contribution in [-0.4, -0.2) is 34.9 Å². The molecule has 2 heterocycles. The van der Waals surface area contributed by atoms with Crippen molar-refractivity contribution in [3.05, 3.63) is 78.8 Å². The number of primary amides is 1. The van der Waals surface area contributed by atoms with Gasteiger partial charge in [0.25, 0.3) is 0 Å². The van der Waals surface area contributed by atoms with Gasteiger partial charge < -0.3 is 15.2 Å². The highest BCUT2D eigenvalue weighted by Crippen LogP contribution is 2.34. The van der Waals surface area contributed by atoms with Crippen molar-refractivity contribution in [3.8, 4) is 28.4 Å². The maximum atomic E-state index is 11.4. The fraction of sp³-hybridized carbons (Fsp3) is 0.160. The Morgan fingerprint density at radius 1 is 1.19 bits per heavy atom. The normalized spacial score (nSPS) is 13.0. The molecule has 0 spiro atoms. The van der Waals surface area contributed by atoms with Crippen LogP contribution in [0.5, 0.6) is 11.5 Å². The molecule has 0 atom stereocenters. The van der Waals surface area contributed by atoms with E-state index in [0.29, 0.717) is 47.5 Å². The quantitative estimate of drug-likeness (QED) is 0.564. The van der Waals surface area contributed by atoms with Gasteiger partial charge in [-0.05, 0) is 36.8 Å². The number of imidazole rings is 1. The fourth-order valence-electron chi connectivity index (χ4n) is 3.29. The van der Waals surface area contributed by atoms with Crippen molar-refractivity contribution >= 4 is 17.8 Å². The summed E-state index contributed by atoms with van der Waals surface area (Å²) in [4.78, 5) is 20.6. The van der Waals surface area contributed by atoms with E-state index < -0.39 is 5.91 Å². The molecule has 7 heteroatoms. The Kier molecular flexibility index (Phi) is 6.17. The van der Waals surface area contributed by atoms with E-state index in [1.54, 1.807) is 18.3 Å². The Balaban J connectivity index is 1.76. The minimum absolute atomic E-state index is 0.442. The SMILES string of the molecule is C=C(N=C/C=C\CC)c1nc(-c2ccc(C(N)=O)cc2)cn1-c1ccc2c(c1)OCCO2. The molecule has 7 nitrogen and oxygen atoms in total. The van der Waals surface area contributed by atoms with E-state index in [9.17, 15) is 4.79 Å². The molecule has 0 radical (unpaired) electrons. The van der Waals surface area contributed by atoms with Gasteiger partial charge in [-0.2, -0.15) is 0 Å². The average Bonchev–Trinajstić information content (AvgIpc) is 3.27. The molecule has 0 unspecified atom stereocenters. The average molecular weight is 428 g/mol. The lowest BCUT2D eigenvalue weighted by Crippen LogP contribution is -2.15. The summed E-state index contributed by atoms with van der Waals surface area (Å²) in [6.45, 7) is 7.21. The van der Waals surface area contributed by atoms with Crippen LogP contribution in [0.1, 0.15) is 29.5 Å². The lowest BCUT2D eigenvalue weighted by atomic mass is 10.1. The number of carbonyl (C=O) groups is 1. The topological polar surface area (TPSA) is 91.7 Å². The number of hydrogen-bond acceptors (Lipinski definition) is 5. The molecule has 0 bridgehead atoms.